The molecule has 0 aliphatic heterocycles. The predicted molar refractivity (Wildman–Crippen MR) is 34.3 cm³/mol. The third-order valence-corrected chi connectivity index (χ3v) is 2.14. The molecule has 0 radical (unpaired) electrons. The number of alkyl halides is 8. The Balaban J connectivity index is 4.96. The van der Waals surface area contributed by atoms with Gasteiger partial charge in [-0.2, -0.15) is 30.7 Å². The summed E-state index contributed by atoms with van der Waals surface area (Å²) in [5, 5.41) is -5.33. The van der Waals surface area contributed by atoms with E-state index in [1.807, 2.05) is 0 Å². The van der Waals surface area contributed by atoms with Crippen LogP contribution in [0.15, 0.2) is 0 Å². The first-order chi connectivity index (χ1) is 5.97. The molecule has 0 aliphatic rings. The van der Waals surface area contributed by atoms with Crippen LogP contribution in [0.2, 0.25) is 0 Å². The van der Waals surface area contributed by atoms with Crippen molar-refractivity contribution in [3.8, 4) is 0 Å². The van der Waals surface area contributed by atoms with Crippen molar-refractivity contribution in [1.82, 2.24) is 0 Å². The molecular formula is C4HClF8S. The molecule has 0 saturated heterocycles. The Morgan fingerprint density at radius 2 is 1.29 bits per heavy atom. The molecule has 0 aromatic carbocycles. The summed E-state index contributed by atoms with van der Waals surface area (Å²) in [6, 6.07) is 0. The van der Waals surface area contributed by atoms with Gasteiger partial charge in [0.15, 0.2) is 0 Å². The quantitative estimate of drug-likeness (QED) is 0.697. The molecule has 0 aromatic heterocycles. The van der Waals surface area contributed by atoms with Crippen molar-refractivity contribution in [2.75, 3.05) is 0 Å². The van der Waals surface area contributed by atoms with Gasteiger partial charge < -0.3 is 0 Å². The largest absolute Gasteiger partial charge is 0.425 e. The SMILES string of the molecule is FC(C(F)(F)F)C(F)(F)C(F)(F)SCl. The van der Waals surface area contributed by atoms with E-state index in [-0.39, 0.29) is 0 Å². The van der Waals surface area contributed by atoms with Crippen molar-refractivity contribution in [3.63, 3.8) is 0 Å². The van der Waals surface area contributed by atoms with E-state index in [1.165, 1.54) is 0 Å². The zero-order valence-corrected chi connectivity index (χ0v) is 7.46. The second-order valence-corrected chi connectivity index (χ2v) is 3.25. The molecule has 0 fully saturated rings. The molecule has 14 heavy (non-hydrogen) atoms. The van der Waals surface area contributed by atoms with Gasteiger partial charge in [0, 0.05) is 11.0 Å². The van der Waals surface area contributed by atoms with E-state index in [9.17, 15) is 35.1 Å². The van der Waals surface area contributed by atoms with Crippen molar-refractivity contribution >= 4 is 21.7 Å². The normalized spacial score (nSPS) is 16.9. The number of hydrogen-bond acceptors (Lipinski definition) is 1. The van der Waals surface area contributed by atoms with E-state index in [0.717, 1.165) is 0 Å². The van der Waals surface area contributed by atoms with Gasteiger partial charge in [0.05, 0.1) is 0 Å². The van der Waals surface area contributed by atoms with E-state index in [4.69, 9.17) is 0 Å². The van der Waals surface area contributed by atoms with Gasteiger partial charge in [-0.1, -0.05) is 0 Å². The predicted octanol–water partition coefficient (Wildman–Crippen LogP) is 4.00. The van der Waals surface area contributed by atoms with Crippen LogP contribution in [0.5, 0.6) is 0 Å². The van der Waals surface area contributed by atoms with Crippen LogP contribution >= 0.6 is 21.7 Å². The highest BCUT2D eigenvalue weighted by Crippen LogP contribution is 2.50. The third-order valence-electron chi connectivity index (χ3n) is 1.09. The lowest BCUT2D eigenvalue weighted by molar-refractivity contribution is -0.282. The van der Waals surface area contributed by atoms with Crippen LogP contribution in [0.25, 0.3) is 0 Å². The molecule has 1 unspecified atom stereocenters. The molecule has 0 nitrogen and oxygen atoms in total. The monoisotopic (exact) mass is 268 g/mol. The molecule has 0 bridgehead atoms. The smallest absolute Gasteiger partial charge is 0.230 e. The Morgan fingerprint density at radius 3 is 1.50 bits per heavy atom. The molecule has 0 heterocycles. The lowest BCUT2D eigenvalue weighted by atomic mass is 10.2. The summed E-state index contributed by atoms with van der Waals surface area (Å²) in [5.41, 5.74) is 0. The van der Waals surface area contributed by atoms with Crippen LogP contribution in [0.4, 0.5) is 35.1 Å². The molecule has 0 saturated carbocycles. The molecule has 86 valence electrons. The summed E-state index contributed by atoms with van der Waals surface area (Å²) >= 11 is 0. The highest BCUT2D eigenvalue weighted by molar-refractivity contribution is 8.21. The van der Waals surface area contributed by atoms with Crippen LogP contribution in [0, 0.1) is 0 Å². The van der Waals surface area contributed by atoms with Gasteiger partial charge in [-0.15, -0.1) is 0 Å². The maximum absolute atomic E-state index is 12.1. The number of hydrogen-bond donors (Lipinski definition) is 0. The summed E-state index contributed by atoms with van der Waals surface area (Å²) < 4.78 is 94.4. The van der Waals surface area contributed by atoms with Gasteiger partial charge in [0.1, 0.15) is 0 Å². The highest BCUT2D eigenvalue weighted by Gasteiger charge is 2.70. The lowest BCUT2D eigenvalue weighted by Crippen LogP contribution is -2.51. The van der Waals surface area contributed by atoms with Crippen LogP contribution in [-0.2, 0) is 0 Å². The molecule has 10 heteroatoms. The minimum Gasteiger partial charge on any atom is -0.230 e. The first-order valence-electron chi connectivity index (χ1n) is 2.73. The summed E-state index contributed by atoms with van der Waals surface area (Å²) in [4.78, 5) is 0. The van der Waals surface area contributed by atoms with Crippen molar-refractivity contribution in [3.05, 3.63) is 0 Å². The maximum Gasteiger partial charge on any atom is 0.425 e. The summed E-state index contributed by atoms with van der Waals surface area (Å²) in [5.74, 6) is -5.91. The minimum absolute atomic E-state index is 1.37. The van der Waals surface area contributed by atoms with E-state index < -0.39 is 34.5 Å². The zero-order chi connectivity index (χ0) is 11.8. The standard InChI is InChI=1S/C4HClF8S/c5-14-4(12,13)2(7,8)1(6)3(9,10)11/h1H. The van der Waals surface area contributed by atoms with Crippen molar-refractivity contribution in [2.24, 2.45) is 0 Å². The first kappa shape index (κ1) is 14.1. The van der Waals surface area contributed by atoms with Gasteiger partial charge >= 0.3 is 17.4 Å². The van der Waals surface area contributed by atoms with E-state index in [0.29, 0.717) is 0 Å². The molecular weight excluding hydrogens is 268 g/mol. The molecule has 0 amide bonds. The molecule has 0 aliphatic carbocycles. The molecule has 0 N–H and O–H groups in total. The van der Waals surface area contributed by atoms with Crippen molar-refractivity contribution in [1.29, 1.82) is 0 Å². The summed E-state index contributed by atoms with van der Waals surface area (Å²) in [7, 11) is 2.85. The van der Waals surface area contributed by atoms with Gasteiger partial charge in [-0.3, -0.25) is 0 Å². The van der Waals surface area contributed by atoms with Crippen LogP contribution in [0.3, 0.4) is 0 Å². The second-order valence-electron chi connectivity index (χ2n) is 2.12. The van der Waals surface area contributed by atoms with Crippen LogP contribution in [0.1, 0.15) is 0 Å². The maximum atomic E-state index is 12.1. The Hall–Kier alpha value is 0.0800. The molecule has 0 rings (SSSR count). The Kier molecular flexibility index (Phi) is 3.94. The average Bonchev–Trinajstić information content (AvgIpc) is 2.01. The molecule has 0 aromatic rings. The van der Waals surface area contributed by atoms with Crippen molar-refractivity contribution in [2.45, 2.75) is 23.5 Å². The average molecular weight is 269 g/mol. The van der Waals surface area contributed by atoms with Gasteiger partial charge in [-0.05, 0) is 10.7 Å². The molecule has 1 atom stereocenters. The lowest BCUT2D eigenvalue weighted by Gasteiger charge is -2.27. The Bertz CT molecular complexity index is 200. The fourth-order valence-corrected chi connectivity index (χ4v) is 0.919. The first-order valence-corrected chi connectivity index (χ1v) is 4.37. The van der Waals surface area contributed by atoms with E-state index in [1.54, 1.807) is 0 Å². The number of rotatable bonds is 3. The van der Waals surface area contributed by atoms with Crippen LogP contribution < -0.4 is 0 Å². The molecule has 0 spiro atoms. The second kappa shape index (κ2) is 3.92. The Labute approximate surface area is 81.1 Å². The topological polar surface area (TPSA) is 0 Å². The van der Waals surface area contributed by atoms with Crippen LogP contribution in [-0.4, -0.2) is 23.5 Å². The fourth-order valence-electron chi connectivity index (χ4n) is 0.405. The zero-order valence-electron chi connectivity index (χ0n) is 5.89. The summed E-state index contributed by atoms with van der Waals surface area (Å²) in [6.45, 7) is 0. The van der Waals surface area contributed by atoms with E-state index in [2.05, 4.69) is 10.7 Å². The van der Waals surface area contributed by atoms with E-state index >= 15 is 0 Å². The van der Waals surface area contributed by atoms with Gasteiger partial charge in [-0.25, -0.2) is 4.39 Å². The Morgan fingerprint density at radius 1 is 0.929 bits per heavy atom. The summed E-state index contributed by atoms with van der Waals surface area (Å²) in [6.07, 6.45) is -11.0. The highest BCUT2D eigenvalue weighted by atomic mass is 35.7. The van der Waals surface area contributed by atoms with Crippen molar-refractivity contribution < 1.29 is 35.1 Å². The third kappa shape index (κ3) is 2.56. The fraction of sp³-hybridized carbons (Fsp3) is 1.00. The van der Waals surface area contributed by atoms with Gasteiger partial charge in [0.2, 0.25) is 0 Å². The minimum atomic E-state index is -6.07. The van der Waals surface area contributed by atoms with Gasteiger partial charge in [0.25, 0.3) is 6.17 Å². The number of halogens is 9.